The minimum atomic E-state index is -1.07. The molecular weight excluding hydrogens is 284 g/mol. The van der Waals surface area contributed by atoms with E-state index < -0.39 is 18.0 Å². The number of carbonyl (C=O) groups excluding carboxylic acids is 2. The Balaban J connectivity index is 2.75. The van der Waals surface area contributed by atoms with Gasteiger partial charge in [0.05, 0.1) is 12.1 Å². The van der Waals surface area contributed by atoms with Crippen molar-refractivity contribution in [3.8, 4) is 11.5 Å². The van der Waals surface area contributed by atoms with Gasteiger partial charge in [-0.25, -0.2) is 9.59 Å². The van der Waals surface area contributed by atoms with Gasteiger partial charge in [-0.15, -0.1) is 0 Å². The van der Waals surface area contributed by atoms with E-state index in [0.717, 1.165) is 0 Å². The zero-order valence-corrected chi connectivity index (χ0v) is 12.2. The maximum atomic E-state index is 11.8. The average Bonchev–Trinajstić information content (AvgIpc) is 2.40. The molecule has 1 aromatic carbocycles. The van der Waals surface area contributed by atoms with Gasteiger partial charge in [0.25, 0.3) is 0 Å². The summed E-state index contributed by atoms with van der Waals surface area (Å²) in [6, 6.07) is 4.63. The first-order valence-electron chi connectivity index (χ1n) is 5.77. The third-order valence-corrected chi connectivity index (χ3v) is 2.63. The first-order valence-corrected chi connectivity index (χ1v) is 6.14. The monoisotopic (exact) mass is 298 g/mol. The summed E-state index contributed by atoms with van der Waals surface area (Å²) >= 11 is 5.90. The van der Waals surface area contributed by atoms with Crippen LogP contribution in [0.15, 0.2) is 30.4 Å². The van der Waals surface area contributed by atoms with Crippen LogP contribution < -0.4 is 9.47 Å². The Kier molecular flexibility index (Phi) is 5.58. The number of rotatable bonds is 5. The van der Waals surface area contributed by atoms with Gasteiger partial charge in [0.15, 0.2) is 11.9 Å². The van der Waals surface area contributed by atoms with Crippen molar-refractivity contribution in [1.29, 1.82) is 0 Å². The molecule has 108 valence electrons. The molecule has 1 atom stereocenters. The molecule has 0 aliphatic heterocycles. The molecule has 0 amide bonds. The average molecular weight is 299 g/mol. The second-order valence-corrected chi connectivity index (χ2v) is 4.45. The number of ether oxygens (including phenoxy) is 3. The predicted octanol–water partition coefficient (Wildman–Crippen LogP) is 2.76. The van der Waals surface area contributed by atoms with Crippen molar-refractivity contribution >= 4 is 23.5 Å². The Labute approximate surface area is 122 Å². The van der Waals surface area contributed by atoms with Gasteiger partial charge in [-0.3, -0.25) is 0 Å². The molecule has 6 heteroatoms. The lowest BCUT2D eigenvalue weighted by Crippen LogP contribution is -2.28. The summed E-state index contributed by atoms with van der Waals surface area (Å²) in [5.74, 6) is -0.779. The van der Waals surface area contributed by atoms with Gasteiger partial charge in [-0.2, -0.15) is 0 Å². The normalized spacial score (nSPS) is 11.4. The number of hydrogen-bond acceptors (Lipinski definition) is 5. The van der Waals surface area contributed by atoms with Crippen LogP contribution in [0.25, 0.3) is 0 Å². The number of benzene rings is 1. The molecule has 0 aromatic heterocycles. The number of hydrogen-bond donors (Lipinski definition) is 0. The summed E-state index contributed by atoms with van der Waals surface area (Å²) in [6.45, 7) is 6.31. The molecule has 1 rings (SSSR count). The molecule has 1 unspecified atom stereocenters. The van der Waals surface area contributed by atoms with Gasteiger partial charge < -0.3 is 14.2 Å². The van der Waals surface area contributed by atoms with Crippen LogP contribution in [0.2, 0.25) is 5.02 Å². The Morgan fingerprint density at radius 2 is 2.00 bits per heavy atom. The molecule has 0 aliphatic carbocycles. The Morgan fingerprint density at radius 3 is 2.55 bits per heavy atom. The maximum absolute atomic E-state index is 11.8. The highest BCUT2D eigenvalue weighted by Gasteiger charge is 2.21. The van der Waals surface area contributed by atoms with E-state index in [2.05, 4.69) is 6.58 Å². The number of esters is 2. The smallest absolute Gasteiger partial charge is 0.352 e. The standard InChI is InChI=1S/C14H15ClO5/c1-8(2)13(16)19-9(3)14(17)20-12-7-10(18-4)5-6-11(12)15/h5-7,9H,1H2,2-4H3. The highest BCUT2D eigenvalue weighted by atomic mass is 35.5. The van der Waals surface area contributed by atoms with Crippen LogP contribution in [0.1, 0.15) is 13.8 Å². The topological polar surface area (TPSA) is 61.8 Å². The van der Waals surface area contributed by atoms with Gasteiger partial charge >= 0.3 is 11.9 Å². The quantitative estimate of drug-likeness (QED) is 0.475. The van der Waals surface area contributed by atoms with Gasteiger partial charge in [-0.1, -0.05) is 18.2 Å². The van der Waals surface area contributed by atoms with Crippen molar-refractivity contribution in [3.05, 3.63) is 35.4 Å². The van der Waals surface area contributed by atoms with E-state index in [-0.39, 0.29) is 16.3 Å². The van der Waals surface area contributed by atoms with E-state index >= 15 is 0 Å². The Morgan fingerprint density at radius 1 is 1.35 bits per heavy atom. The van der Waals surface area contributed by atoms with E-state index in [9.17, 15) is 9.59 Å². The molecule has 0 radical (unpaired) electrons. The van der Waals surface area contributed by atoms with Crippen LogP contribution in [0.4, 0.5) is 0 Å². The third kappa shape index (κ3) is 4.28. The highest BCUT2D eigenvalue weighted by Crippen LogP contribution is 2.29. The molecule has 0 N–H and O–H groups in total. The van der Waals surface area contributed by atoms with Crippen molar-refractivity contribution in [2.45, 2.75) is 20.0 Å². The van der Waals surface area contributed by atoms with Crippen molar-refractivity contribution in [2.24, 2.45) is 0 Å². The molecule has 0 aliphatic rings. The summed E-state index contributed by atoms with van der Waals surface area (Å²) < 4.78 is 14.9. The minimum Gasteiger partial charge on any atom is -0.497 e. The van der Waals surface area contributed by atoms with Crippen LogP contribution in [-0.4, -0.2) is 25.2 Å². The van der Waals surface area contributed by atoms with E-state index in [1.165, 1.54) is 33.1 Å². The Bertz CT molecular complexity index is 538. The van der Waals surface area contributed by atoms with Crippen molar-refractivity contribution in [2.75, 3.05) is 7.11 Å². The van der Waals surface area contributed by atoms with Crippen molar-refractivity contribution < 1.29 is 23.8 Å². The van der Waals surface area contributed by atoms with Gasteiger partial charge in [0, 0.05) is 11.6 Å². The number of halogens is 1. The molecule has 0 fully saturated rings. The fourth-order valence-electron chi connectivity index (χ4n) is 1.19. The van der Waals surface area contributed by atoms with Crippen molar-refractivity contribution in [3.63, 3.8) is 0 Å². The largest absolute Gasteiger partial charge is 0.497 e. The maximum Gasteiger partial charge on any atom is 0.352 e. The van der Waals surface area contributed by atoms with E-state index in [4.69, 9.17) is 25.8 Å². The van der Waals surface area contributed by atoms with Gasteiger partial charge in [0.1, 0.15) is 5.75 Å². The molecule has 0 heterocycles. The van der Waals surface area contributed by atoms with Crippen LogP contribution in [0.3, 0.4) is 0 Å². The van der Waals surface area contributed by atoms with Crippen LogP contribution >= 0.6 is 11.6 Å². The third-order valence-electron chi connectivity index (χ3n) is 2.31. The van der Waals surface area contributed by atoms with Crippen molar-refractivity contribution in [1.82, 2.24) is 0 Å². The fraction of sp³-hybridized carbons (Fsp3) is 0.286. The summed E-state index contributed by atoms with van der Waals surface area (Å²) in [6.07, 6.45) is -1.07. The predicted molar refractivity (Wildman–Crippen MR) is 74.0 cm³/mol. The molecule has 20 heavy (non-hydrogen) atoms. The molecule has 0 saturated carbocycles. The number of methoxy groups -OCH3 is 1. The molecule has 0 spiro atoms. The Hall–Kier alpha value is -2.01. The molecule has 0 saturated heterocycles. The summed E-state index contributed by atoms with van der Waals surface area (Å²) in [5.41, 5.74) is 0.198. The SMILES string of the molecule is C=C(C)C(=O)OC(C)C(=O)Oc1cc(OC)ccc1Cl. The minimum absolute atomic E-state index is 0.134. The molecular formula is C14H15ClO5. The fourth-order valence-corrected chi connectivity index (χ4v) is 1.35. The lowest BCUT2D eigenvalue weighted by Gasteiger charge is -2.13. The zero-order chi connectivity index (χ0) is 15.3. The summed E-state index contributed by atoms with van der Waals surface area (Å²) in [5, 5.41) is 0.248. The van der Waals surface area contributed by atoms with Crippen LogP contribution in [0.5, 0.6) is 11.5 Å². The van der Waals surface area contributed by atoms with Crippen LogP contribution in [0, 0.1) is 0 Å². The highest BCUT2D eigenvalue weighted by molar-refractivity contribution is 6.32. The molecule has 1 aromatic rings. The first kappa shape index (κ1) is 16.0. The van der Waals surface area contributed by atoms with E-state index in [1.807, 2.05) is 0 Å². The van der Waals surface area contributed by atoms with E-state index in [1.54, 1.807) is 6.07 Å². The second kappa shape index (κ2) is 6.96. The first-order chi connectivity index (χ1) is 9.35. The summed E-state index contributed by atoms with van der Waals surface area (Å²) in [4.78, 5) is 23.1. The lowest BCUT2D eigenvalue weighted by molar-refractivity contribution is -0.158. The number of carbonyl (C=O) groups is 2. The molecule has 0 bridgehead atoms. The van der Waals surface area contributed by atoms with Gasteiger partial charge in [0.2, 0.25) is 0 Å². The van der Waals surface area contributed by atoms with Gasteiger partial charge in [-0.05, 0) is 26.0 Å². The second-order valence-electron chi connectivity index (χ2n) is 4.05. The van der Waals surface area contributed by atoms with Crippen LogP contribution in [-0.2, 0) is 14.3 Å². The molecule has 5 nitrogen and oxygen atoms in total. The zero-order valence-electron chi connectivity index (χ0n) is 11.4. The summed E-state index contributed by atoms with van der Waals surface area (Å²) in [7, 11) is 1.48. The van der Waals surface area contributed by atoms with E-state index in [0.29, 0.717) is 5.75 Å². The lowest BCUT2D eigenvalue weighted by atomic mass is 10.3.